The van der Waals surface area contributed by atoms with Gasteiger partial charge in [-0.1, -0.05) is 11.3 Å². The molecule has 0 unspecified atom stereocenters. The lowest BCUT2D eigenvalue weighted by Gasteiger charge is -2.31. The Hall–Kier alpha value is -2.98. The van der Waals surface area contributed by atoms with Crippen molar-refractivity contribution >= 4 is 26.8 Å². The SMILES string of the molecule is CN(c1nc2nnc(-c3cc(F)c(-c4cn[nH]c4)cc3F)cc2s1)C1CCNCC1. The van der Waals surface area contributed by atoms with Gasteiger partial charge in [0, 0.05) is 36.0 Å². The van der Waals surface area contributed by atoms with E-state index in [1.807, 2.05) is 7.05 Å². The van der Waals surface area contributed by atoms with Crippen LogP contribution in [0.2, 0.25) is 0 Å². The average Bonchev–Trinajstić information content (AvgIpc) is 3.44. The highest BCUT2D eigenvalue weighted by Gasteiger charge is 2.22. The molecule has 0 atom stereocenters. The summed E-state index contributed by atoms with van der Waals surface area (Å²) in [5, 5.41) is 18.8. The van der Waals surface area contributed by atoms with Crippen molar-refractivity contribution in [3.63, 3.8) is 0 Å². The van der Waals surface area contributed by atoms with E-state index in [1.54, 1.807) is 6.07 Å². The molecule has 0 saturated carbocycles. The number of anilines is 1. The third kappa shape index (κ3) is 3.41. The minimum atomic E-state index is -0.571. The number of hydrogen-bond acceptors (Lipinski definition) is 7. The number of nitrogens with zero attached hydrogens (tertiary/aromatic N) is 5. The summed E-state index contributed by atoms with van der Waals surface area (Å²) in [6, 6.07) is 4.44. The maximum Gasteiger partial charge on any atom is 0.194 e. The van der Waals surface area contributed by atoms with Crippen molar-refractivity contribution < 1.29 is 8.78 Å². The van der Waals surface area contributed by atoms with E-state index < -0.39 is 11.6 Å². The molecule has 0 spiro atoms. The molecule has 0 radical (unpaired) electrons. The number of piperidine rings is 1. The number of rotatable bonds is 4. The predicted molar refractivity (Wildman–Crippen MR) is 112 cm³/mol. The van der Waals surface area contributed by atoms with E-state index in [2.05, 4.69) is 35.6 Å². The molecule has 4 aromatic rings. The van der Waals surface area contributed by atoms with Gasteiger partial charge >= 0.3 is 0 Å². The molecule has 1 fully saturated rings. The first-order valence-electron chi connectivity index (χ1n) is 9.66. The van der Waals surface area contributed by atoms with Gasteiger partial charge in [0.05, 0.1) is 16.6 Å². The van der Waals surface area contributed by atoms with Crippen molar-refractivity contribution in [1.82, 2.24) is 30.7 Å². The van der Waals surface area contributed by atoms with Crippen LogP contribution in [0.25, 0.3) is 32.7 Å². The molecule has 3 aromatic heterocycles. The van der Waals surface area contributed by atoms with Gasteiger partial charge < -0.3 is 10.2 Å². The normalized spacial score (nSPS) is 15.0. The van der Waals surface area contributed by atoms with Crippen molar-refractivity contribution in [2.45, 2.75) is 18.9 Å². The molecule has 5 rings (SSSR count). The van der Waals surface area contributed by atoms with Crippen LogP contribution in [0.5, 0.6) is 0 Å². The maximum atomic E-state index is 14.8. The second kappa shape index (κ2) is 7.69. The largest absolute Gasteiger partial charge is 0.348 e. The molecular weight excluding hydrogens is 408 g/mol. The van der Waals surface area contributed by atoms with Crippen LogP contribution in [0.3, 0.4) is 0 Å². The fraction of sp³-hybridized carbons (Fsp3) is 0.300. The fourth-order valence-electron chi connectivity index (χ4n) is 3.73. The highest BCUT2D eigenvalue weighted by atomic mass is 32.1. The van der Waals surface area contributed by atoms with E-state index in [1.165, 1.54) is 23.7 Å². The number of aromatic amines is 1. The van der Waals surface area contributed by atoms with Gasteiger partial charge in [-0.15, -0.1) is 10.2 Å². The Balaban J connectivity index is 1.49. The lowest BCUT2D eigenvalue weighted by atomic mass is 10.0. The van der Waals surface area contributed by atoms with Gasteiger partial charge in [0.2, 0.25) is 0 Å². The number of hydrogen-bond donors (Lipinski definition) is 2. The second-order valence-electron chi connectivity index (χ2n) is 7.30. The maximum absolute atomic E-state index is 14.8. The lowest BCUT2D eigenvalue weighted by Crippen LogP contribution is -2.41. The Labute approximate surface area is 175 Å². The molecular formula is C20H19F2N7S. The summed E-state index contributed by atoms with van der Waals surface area (Å²) in [7, 11) is 2.03. The van der Waals surface area contributed by atoms with Crippen molar-refractivity contribution in [3.05, 3.63) is 42.2 Å². The molecule has 2 N–H and O–H groups in total. The number of H-pyrrole nitrogens is 1. The average molecular weight is 427 g/mol. The van der Waals surface area contributed by atoms with Crippen LogP contribution < -0.4 is 10.2 Å². The minimum absolute atomic E-state index is 0.0656. The van der Waals surface area contributed by atoms with Crippen molar-refractivity contribution in [2.24, 2.45) is 0 Å². The molecule has 1 aliphatic rings. The van der Waals surface area contributed by atoms with Crippen molar-refractivity contribution in [1.29, 1.82) is 0 Å². The van der Waals surface area contributed by atoms with Gasteiger partial charge in [-0.3, -0.25) is 5.10 Å². The number of thiazole rings is 1. The zero-order chi connectivity index (χ0) is 20.7. The van der Waals surface area contributed by atoms with Gasteiger partial charge in [0.25, 0.3) is 0 Å². The molecule has 4 heterocycles. The molecule has 0 bridgehead atoms. The van der Waals surface area contributed by atoms with Crippen molar-refractivity contribution in [2.75, 3.05) is 25.0 Å². The Morgan fingerprint density at radius 2 is 1.83 bits per heavy atom. The number of nitrogens with one attached hydrogen (secondary N) is 2. The van der Waals surface area contributed by atoms with Crippen LogP contribution in [-0.2, 0) is 0 Å². The van der Waals surface area contributed by atoms with Crippen molar-refractivity contribution in [3.8, 4) is 22.4 Å². The summed E-state index contributed by atoms with van der Waals surface area (Å²) in [5.41, 5.74) is 1.47. The standard InChI is InChI=1S/C20H19F2N7S/c1-29(12-2-4-23-5-3-12)20-26-19-18(30-20)8-17(27-28-19)14-7-15(21)13(6-16(14)22)11-9-24-25-10-11/h6-10,12,23H,2-5H2,1H3,(H,24,25). The molecule has 1 aliphatic heterocycles. The summed E-state index contributed by atoms with van der Waals surface area (Å²) >= 11 is 1.48. The highest BCUT2D eigenvalue weighted by molar-refractivity contribution is 7.22. The Bertz CT molecular complexity index is 1190. The van der Waals surface area contributed by atoms with Crippen LogP contribution in [-0.4, -0.2) is 51.6 Å². The van der Waals surface area contributed by atoms with Gasteiger partial charge in [0.15, 0.2) is 10.8 Å². The Morgan fingerprint density at radius 1 is 1.07 bits per heavy atom. The van der Waals surface area contributed by atoms with E-state index in [-0.39, 0.29) is 16.8 Å². The molecule has 0 aliphatic carbocycles. The summed E-state index contributed by atoms with van der Waals surface area (Å²) in [6.45, 7) is 1.98. The van der Waals surface area contributed by atoms with Crippen LogP contribution >= 0.6 is 11.3 Å². The monoisotopic (exact) mass is 427 g/mol. The molecule has 1 saturated heterocycles. The topological polar surface area (TPSA) is 82.6 Å². The van der Waals surface area contributed by atoms with Crippen LogP contribution in [0.4, 0.5) is 13.9 Å². The summed E-state index contributed by atoms with van der Waals surface area (Å²) < 4.78 is 30.2. The molecule has 30 heavy (non-hydrogen) atoms. The number of aromatic nitrogens is 5. The van der Waals surface area contributed by atoms with E-state index in [0.29, 0.717) is 17.3 Å². The van der Waals surface area contributed by atoms with Crippen LogP contribution in [0.1, 0.15) is 12.8 Å². The molecule has 10 heteroatoms. The second-order valence-corrected chi connectivity index (χ2v) is 8.31. The minimum Gasteiger partial charge on any atom is -0.348 e. The third-order valence-electron chi connectivity index (χ3n) is 5.44. The number of benzene rings is 1. The van der Waals surface area contributed by atoms with E-state index in [0.717, 1.165) is 47.9 Å². The molecule has 1 aromatic carbocycles. The van der Waals surface area contributed by atoms with E-state index >= 15 is 0 Å². The predicted octanol–water partition coefficient (Wildman–Crippen LogP) is 3.61. The van der Waals surface area contributed by atoms with Crippen LogP contribution in [0.15, 0.2) is 30.6 Å². The highest BCUT2D eigenvalue weighted by Crippen LogP contribution is 2.33. The van der Waals surface area contributed by atoms with E-state index in [4.69, 9.17) is 0 Å². The Morgan fingerprint density at radius 3 is 2.60 bits per heavy atom. The van der Waals surface area contributed by atoms with Gasteiger partial charge in [-0.05, 0) is 44.1 Å². The van der Waals surface area contributed by atoms with Gasteiger partial charge in [-0.2, -0.15) is 10.1 Å². The van der Waals surface area contributed by atoms with Crippen LogP contribution in [0, 0.1) is 11.6 Å². The van der Waals surface area contributed by atoms with Gasteiger partial charge in [0.1, 0.15) is 11.6 Å². The smallest absolute Gasteiger partial charge is 0.194 e. The molecule has 154 valence electrons. The summed E-state index contributed by atoms with van der Waals surface area (Å²) in [4.78, 5) is 6.76. The zero-order valence-electron chi connectivity index (χ0n) is 16.2. The van der Waals surface area contributed by atoms with E-state index in [9.17, 15) is 8.78 Å². The molecule has 7 nitrogen and oxygen atoms in total. The number of halogens is 2. The molecule has 0 amide bonds. The summed E-state index contributed by atoms with van der Waals surface area (Å²) in [5.74, 6) is -1.12. The quantitative estimate of drug-likeness (QED) is 0.518. The first-order valence-corrected chi connectivity index (χ1v) is 10.5. The third-order valence-corrected chi connectivity index (χ3v) is 6.53. The first-order chi connectivity index (χ1) is 14.6. The van der Waals surface area contributed by atoms with Gasteiger partial charge in [-0.25, -0.2) is 8.78 Å². The number of fused-ring (bicyclic) bond motifs is 1. The zero-order valence-corrected chi connectivity index (χ0v) is 17.0. The Kier molecular flexibility index (Phi) is 4.87. The lowest BCUT2D eigenvalue weighted by molar-refractivity contribution is 0.443. The first kappa shape index (κ1) is 19.0. The summed E-state index contributed by atoms with van der Waals surface area (Å²) in [6.07, 6.45) is 5.07. The fourth-order valence-corrected chi connectivity index (χ4v) is 4.70.